The number of hydrogen-bond acceptors (Lipinski definition) is 5. The zero-order chi connectivity index (χ0) is 12.6. The molecule has 1 fully saturated rings. The minimum Gasteiger partial charge on any atom is -0.337 e. The summed E-state index contributed by atoms with van der Waals surface area (Å²) in [7, 11) is 0. The zero-order valence-corrected chi connectivity index (χ0v) is 12.5. The molecule has 0 aromatic carbocycles. The van der Waals surface area contributed by atoms with E-state index in [1.54, 1.807) is 11.3 Å². The molecule has 0 saturated carbocycles. The number of nitrogens with one attached hydrogen (secondary N) is 1. The maximum atomic E-state index is 5.47. The van der Waals surface area contributed by atoms with Crippen LogP contribution in [0.25, 0.3) is 10.7 Å². The Balaban J connectivity index is 1.93. The van der Waals surface area contributed by atoms with Crippen molar-refractivity contribution in [3.63, 3.8) is 0 Å². The molecule has 0 amide bonds. The van der Waals surface area contributed by atoms with Crippen molar-refractivity contribution in [1.82, 2.24) is 15.5 Å². The minimum absolute atomic E-state index is 0.111. The number of nitrogens with zero attached hydrogens (tertiary/aromatic N) is 2. The summed E-state index contributed by atoms with van der Waals surface area (Å²) in [6.07, 6.45) is 3.21. The molecule has 0 spiro atoms. The first-order valence-electron chi connectivity index (χ1n) is 6.08. The van der Waals surface area contributed by atoms with Crippen molar-refractivity contribution in [1.29, 1.82) is 0 Å². The maximum absolute atomic E-state index is 5.47. The van der Waals surface area contributed by atoms with Crippen molar-refractivity contribution < 1.29 is 4.52 Å². The Morgan fingerprint density at radius 3 is 3.06 bits per heavy atom. The van der Waals surface area contributed by atoms with Gasteiger partial charge in [-0.05, 0) is 53.9 Å². The molecular weight excluding hydrogens is 314 g/mol. The first-order chi connectivity index (χ1) is 8.73. The lowest BCUT2D eigenvalue weighted by Gasteiger charge is -2.22. The average Bonchev–Trinajstić information content (AvgIpc) is 3.08. The summed E-state index contributed by atoms with van der Waals surface area (Å²) in [6.45, 7) is 3.18. The molecule has 2 aromatic heterocycles. The first kappa shape index (κ1) is 12.3. The highest BCUT2D eigenvalue weighted by Crippen LogP contribution is 2.35. The van der Waals surface area contributed by atoms with Gasteiger partial charge < -0.3 is 9.84 Å². The summed E-state index contributed by atoms with van der Waals surface area (Å²) in [5, 5.41) is 7.60. The van der Waals surface area contributed by atoms with Crippen LogP contribution in [0.3, 0.4) is 0 Å². The van der Waals surface area contributed by atoms with Crippen LogP contribution in [-0.2, 0) is 5.54 Å². The predicted octanol–water partition coefficient (Wildman–Crippen LogP) is 3.55. The van der Waals surface area contributed by atoms with Crippen LogP contribution in [0, 0.1) is 0 Å². The average molecular weight is 328 g/mol. The van der Waals surface area contributed by atoms with Crippen LogP contribution >= 0.6 is 27.3 Å². The van der Waals surface area contributed by atoms with Crippen LogP contribution in [0.4, 0.5) is 0 Å². The van der Waals surface area contributed by atoms with Crippen LogP contribution in [0.15, 0.2) is 20.4 Å². The van der Waals surface area contributed by atoms with Gasteiger partial charge in [-0.2, -0.15) is 4.98 Å². The smallest absolute Gasteiger partial charge is 0.247 e. The van der Waals surface area contributed by atoms with Crippen LogP contribution in [0.1, 0.15) is 32.1 Å². The molecule has 1 N–H and O–H groups in total. The number of aromatic nitrogens is 2. The molecule has 1 atom stereocenters. The Kier molecular flexibility index (Phi) is 3.25. The molecule has 1 unspecified atom stereocenters. The highest BCUT2D eigenvalue weighted by Gasteiger charge is 2.39. The summed E-state index contributed by atoms with van der Waals surface area (Å²) in [6, 6.07) is 4.00. The van der Waals surface area contributed by atoms with Crippen molar-refractivity contribution in [2.45, 2.75) is 31.7 Å². The Morgan fingerprint density at radius 2 is 2.44 bits per heavy atom. The van der Waals surface area contributed by atoms with Crippen molar-refractivity contribution in [2.75, 3.05) is 6.54 Å². The van der Waals surface area contributed by atoms with Crippen LogP contribution < -0.4 is 5.32 Å². The minimum atomic E-state index is -0.111. The molecule has 96 valence electrons. The second-order valence-corrected chi connectivity index (χ2v) is 6.96. The van der Waals surface area contributed by atoms with Gasteiger partial charge in [-0.25, -0.2) is 0 Å². The summed E-state index contributed by atoms with van der Waals surface area (Å²) in [5.41, 5.74) is -0.111. The summed E-state index contributed by atoms with van der Waals surface area (Å²) in [4.78, 5) is 5.60. The topological polar surface area (TPSA) is 51.0 Å². The molecule has 2 aromatic rings. The van der Waals surface area contributed by atoms with Gasteiger partial charge in [0.2, 0.25) is 11.7 Å². The van der Waals surface area contributed by atoms with E-state index < -0.39 is 0 Å². The molecule has 18 heavy (non-hydrogen) atoms. The molecule has 1 saturated heterocycles. The molecule has 6 heteroatoms. The molecule has 3 rings (SSSR count). The molecule has 0 radical (unpaired) electrons. The van der Waals surface area contributed by atoms with E-state index in [0.717, 1.165) is 40.4 Å². The second-order valence-electron chi connectivity index (χ2n) is 4.49. The first-order valence-corrected chi connectivity index (χ1v) is 7.69. The standard InChI is InChI=1S/C12H14BrN3OS/c1-2-12(6-3-7-14-12)11-15-10(16-17-11)8-4-5-9(13)18-8/h4-5,14H,2-3,6-7H2,1H3. The quantitative estimate of drug-likeness (QED) is 0.936. The highest BCUT2D eigenvalue weighted by atomic mass is 79.9. The Bertz CT molecular complexity index is 545. The molecular formula is C12H14BrN3OS. The zero-order valence-electron chi connectivity index (χ0n) is 10.1. The normalized spacial score (nSPS) is 23.7. The van der Waals surface area contributed by atoms with E-state index >= 15 is 0 Å². The van der Waals surface area contributed by atoms with E-state index in [0.29, 0.717) is 5.82 Å². The van der Waals surface area contributed by atoms with E-state index in [-0.39, 0.29) is 5.54 Å². The van der Waals surface area contributed by atoms with Crippen LogP contribution in [-0.4, -0.2) is 16.7 Å². The van der Waals surface area contributed by atoms with Gasteiger partial charge in [-0.15, -0.1) is 11.3 Å². The van der Waals surface area contributed by atoms with Gasteiger partial charge in [0.15, 0.2) is 0 Å². The van der Waals surface area contributed by atoms with E-state index in [2.05, 4.69) is 38.3 Å². The lowest BCUT2D eigenvalue weighted by Crippen LogP contribution is -2.36. The van der Waals surface area contributed by atoms with E-state index in [9.17, 15) is 0 Å². The van der Waals surface area contributed by atoms with Crippen LogP contribution in [0.2, 0.25) is 0 Å². The molecule has 1 aliphatic heterocycles. The highest BCUT2D eigenvalue weighted by molar-refractivity contribution is 9.11. The third-order valence-corrected chi connectivity index (χ3v) is 5.10. The summed E-state index contributed by atoms with van der Waals surface area (Å²) >= 11 is 5.06. The number of halogens is 1. The van der Waals surface area contributed by atoms with Crippen molar-refractivity contribution in [3.05, 3.63) is 21.8 Å². The lowest BCUT2D eigenvalue weighted by molar-refractivity contribution is 0.250. The van der Waals surface area contributed by atoms with E-state index in [1.807, 2.05) is 12.1 Å². The van der Waals surface area contributed by atoms with Gasteiger partial charge in [0.1, 0.15) is 0 Å². The Hall–Kier alpha value is -0.720. The number of thiophene rings is 1. The van der Waals surface area contributed by atoms with Crippen molar-refractivity contribution in [2.24, 2.45) is 0 Å². The molecule has 4 nitrogen and oxygen atoms in total. The Labute approximate surface area is 118 Å². The van der Waals surface area contributed by atoms with E-state index in [4.69, 9.17) is 4.52 Å². The number of rotatable bonds is 3. The third kappa shape index (κ3) is 2.02. The third-order valence-electron chi connectivity index (χ3n) is 3.48. The number of hydrogen-bond donors (Lipinski definition) is 1. The monoisotopic (exact) mass is 327 g/mol. The van der Waals surface area contributed by atoms with Gasteiger partial charge in [-0.1, -0.05) is 12.1 Å². The second kappa shape index (κ2) is 4.75. The SMILES string of the molecule is CCC1(c2nc(-c3ccc(Br)s3)no2)CCCN1. The molecule has 0 bridgehead atoms. The van der Waals surface area contributed by atoms with Gasteiger partial charge in [0.25, 0.3) is 0 Å². The fourth-order valence-electron chi connectivity index (χ4n) is 2.39. The summed E-state index contributed by atoms with van der Waals surface area (Å²) in [5.74, 6) is 1.41. The van der Waals surface area contributed by atoms with Crippen molar-refractivity contribution in [3.8, 4) is 10.7 Å². The predicted molar refractivity (Wildman–Crippen MR) is 74.5 cm³/mol. The van der Waals surface area contributed by atoms with E-state index in [1.165, 1.54) is 0 Å². The van der Waals surface area contributed by atoms with Crippen LogP contribution in [0.5, 0.6) is 0 Å². The Morgan fingerprint density at radius 1 is 1.56 bits per heavy atom. The molecule has 3 heterocycles. The van der Waals surface area contributed by atoms with Gasteiger partial charge in [0.05, 0.1) is 14.2 Å². The molecule has 1 aliphatic rings. The van der Waals surface area contributed by atoms with Gasteiger partial charge >= 0.3 is 0 Å². The lowest BCUT2D eigenvalue weighted by atomic mass is 9.94. The van der Waals surface area contributed by atoms with Crippen molar-refractivity contribution >= 4 is 27.3 Å². The summed E-state index contributed by atoms with van der Waals surface area (Å²) < 4.78 is 6.55. The fourth-order valence-corrected chi connectivity index (χ4v) is 3.71. The van der Waals surface area contributed by atoms with Gasteiger partial charge in [0, 0.05) is 0 Å². The van der Waals surface area contributed by atoms with Gasteiger partial charge in [-0.3, -0.25) is 0 Å². The molecule has 0 aliphatic carbocycles. The largest absolute Gasteiger partial charge is 0.337 e. The maximum Gasteiger partial charge on any atom is 0.247 e. The fraction of sp³-hybridized carbons (Fsp3) is 0.500.